The van der Waals surface area contributed by atoms with Gasteiger partial charge in [-0.25, -0.2) is 4.39 Å². The Labute approximate surface area is 119 Å². The zero-order valence-electron chi connectivity index (χ0n) is 10.1. The predicted molar refractivity (Wildman–Crippen MR) is 78.5 cm³/mol. The second-order valence-corrected chi connectivity index (χ2v) is 6.01. The molecule has 0 saturated carbocycles. The van der Waals surface area contributed by atoms with Crippen LogP contribution in [-0.4, -0.2) is 7.05 Å². The van der Waals surface area contributed by atoms with Crippen LogP contribution in [-0.2, 0) is 6.42 Å². The molecule has 2 aromatic rings. The van der Waals surface area contributed by atoms with Gasteiger partial charge in [-0.15, -0.1) is 11.3 Å². The number of nitrogens with one attached hydrogen (secondary N) is 1. The molecule has 0 saturated heterocycles. The largest absolute Gasteiger partial charge is 0.313 e. The number of aryl methyl sites for hydroxylation is 1. The van der Waals surface area contributed by atoms with E-state index in [0.717, 1.165) is 22.9 Å². The number of hydrogen-bond donors (Lipinski definition) is 1. The van der Waals surface area contributed by atoms with E-state index in [9.17, 15) is 4.39 Å². The molecule has 1 aromatic carbocycles. The quantitative estimate of drug-likeness (QED) is 0.849. The third-order valence-corrected chi connectivity index (χ3v) is 4.57. The van der Waals surface area contributed by atoms with Crippen molar-refractivity contribution in [1.29, 1.82) is 0 Å². The van der Waals surface area contributed by atoms with E-state index in [1.54, 1.807) is 11.3 Å². The van der Waals surface area contributed by atoms with Gasteiger partial charge in [0.15, 0.2) is 0 Å². The van der Waals surface area contributed by atoms with E-state index in [0.29, 0.717) is 0 Å². The number of halogens is 2. The highest BCUT2D eigenvalue weighted by Crippen LogP contribution is 2.27. The first-order chi connectivity index (χ1) is 8.70. The second-order valence-electron chi connectivity index (χ2n) is 4.13. The van der Waals surface area contributed by atoms with Crippen molar-refractivity contribution in [3.05, 3.63) is 56.4 Å². The van der Waals surface area contributed by atoms with Crippen molar-refractivity contribution < 1.29 is 4.39 Å². The summed E-state index contributed by atoms with van der Waals surface area (Å²) in [6.45, 7) is 0. The normalized spacial score (nSPS) is 12.6. The van der Waals surface area contributed by atoms with Gasteiger partial charge >= 0.3 is 0 Å². The molecule has 0 spiro atoms. The molecule has 1 aromatic heterocycles. The molecule has 96 valence electrons. The third kappa shape index (κ3) is 3.40. The molecule has 0 aliphatic carbocycles. The molecule has 2 rings (SSSR count). The first-order valence-electron chi connectivity index (χ1n) is 5.85. The molecule has 0 radical (unpaired) electrons. The Kier molecular flexibility index (Phi) is 4.92. The van der Waals surface area contributed by atoms with Crippen LogP contribution in [0.3, 0.4) is 0 Å². The smallest absolute Gasteiger partial charge is 0.124 e. The van der Waals surface area contributed by atoms with E-state index in [-0.39, 0.29) is 11.9 Å². The van der Waals surface area contributed by atoms with Crippen molar-refractivity contribution in [3.63, 3.8) is 0 Å². The summed E-state index contributed by atoms with van der Waals surface area (Å²) in [4.78, 5) is 1.38. The molecule has 1 nitrogen and oxygen atoms in total. The van der Waals surface area contributed by atoms with Gasteiger partial charge in [0.05, 0.1) is 0 Å². The van der Waals surface area contributed by atoms with Crippen LogP contribution in [0.5, 0.6) is 0 Å². The van der Waals surface area contributed by atoms with Gasteiger partial charge in [0, 0.05) is 15.4 Å². The van der Waals surface area contributed by atoms with Crippen molar-refractivity contribution in [2.45, 2.75) is 18.9 Å². The monoisotopic (exact) mass is 327 g/mol. The minimum atomic E-state index is -0.210. The summed E-state index contributed by atoms with van der Waals surface area (Å²) in [5, 5.41) is 5.39. The molecular formula is C14H15BrFNS. The van der Waals surface area contributed by atoms with Crippen LogP contribution in [0.1, 0.15) is 22.9 Å². The zero-order chi connectivity index (χ0) is 13.0. The van der Waals surface area contributed by atoms with E-state index in [2.05, 4.69) is 38.8 Å². The van der Waals surface area contributed by atoms with Gasteiger partial charge in [-0.2, -0.15) is 0 Å². The molecule has 0 amide bonds. The molecule has 0 bridgehead atoms. The molecule has 1 atom stereocenters. The summed E-state index contributed by atoms with van der Waals surface area (Å²) < 4.78 is 13.9. The van der Waals surface area contributed by atoms with Crippen LogP contribution in [0.4, 0.5) is 4.39 Å². The lowest BCUT2D eigenvalue weighted by Gasteiger charge is -2.17. The third-order valence-electron chi connectivity index (χ3n) is 2.95. The predicted octanol–water partition coefficient (Wildman–Crippen LogP) is 4.54. The van der Waals surface area contributed by atoms with E-state index in [1.807, 2.05) is 13.1 Å². The SMILES string of the molecule is CNC(CCc1cccs1)c1ccc(F)cc1Br. The van der Waals surface area contributed by atoms with Crippen LogP contribution < -0.4 is 5.32 Å². The summed E-state index contributed by atoms with van der Waals surface area (Å²) in [5.41, 5.74) is 1.11. The van der Waals surface area contributed by atoms with Crippen LogP contribution in [0.15, 0.2) is 40.2 Å². The molecule has 1 unspecified atom stereocenters. The molecule has 0 fully saturated rings. The first kappa shape index (κ1) is 13.7. The van der Waals surface area contributed by atoms with Gasteiger partial charge in [0.25, 0.3) is 0 Å². The molecule has 4 heteroatoms. The maximum atomic E-state index is 13.1. The maximum Gasteiger partial charge on any atom is 0.124 e. The first-order valence-corrected chi connectivity index (χ1v) is 7.52. The van der Waals surface area contributed by atoms with Crippen LogP contribution in [0.2, 0.25) is 0 Å². The number of rotatable bonds is 5. The van der Waals surface area contributed by atoms with Crippen molar-refractivity contribution in [2.24, 2.45) is 0 Å². The number of benzene rings is 1. The van der Waals surface area contributed by atoms with Crippen LogP contribution >= 0.6 is 27.3 Å². The molecule has 18 heavy (non-hydrogen) atoms. The Hall–Kier alpha value is -0.710. The van der Waals surface area contributed by atoms with Crippen LogP contribution in [0.25, 0.3) is 0 Å². The highest BCUT2D eigenvalue weighted by Gasteiger charge is 2.13. The fourth-order valence-electron chi connectivity index (χ4n) is 1.98. The molecule has 1 heterocycles. The standard InChI is InChI=1S/C14H15BrFNS/c1-17-14(7-5-11-3-2-8-18-11)12-6-4-10(16)9-13(12)15/h2-4,6,8-9,14,17H,5,7H2,1H3. The molecule has 0 aliphatic heterocycles. The summed E-state index contributed by atoms with van der Waals surface area (Å²) in [6, 6.07) is 9.33. The number of hydrogen-bond acceptors (Lipinski definition) is 2. The maximum absolute atomic E-state index is 13.1. The zero-order valence-corrected chi connectivity index (χ0v) is 12.5. The Bertz CT molecular complexity index is 499. The summed E-state index contributed by atoms with van der Waals surface area (Å²) in [6.07, 6.45) is 2.04. The summed E-state index contributed by atoms with van der Waals surface area (Å²) in [7, 11) is 1.94. The van der Waals surface area contributed by atoms with E-state index in [4.69, 9.17) is 0 Å². The minimum absolute atomic E-state index is 0.210. The Balaban J connectivity index is 2.08. The molecule has 1 N–H and O–H groups in total. The second kappa shape index (κ2) is 6.45. The Morgan fingerprint density at radius 2 is 2.22 bits per heavy atom. The summed E-state index contributed by atoms with van der Waals surface area (Å²) in [5.74, 6) is -0.210. The van der Waals surface area contributed by atoms with Gasteiger partial charge in [-0.3, -0.25) is 0 Å². The van der Waals surface area contributed by atoms with Gasteiger partial charge in [0.1, 0.15) is 5.82 Å². The Morgan fingerprint density at radius 3 is 2.83 bits per heavy atom. The van der Waals surface area contributed by atoms with Crippen molar-refractivity contribution in [1.82, 2.24) is 5.32 Å². The van der Waals surface area contributed by atoms with Gasteiger partial charge in [0.2, 0.25) is 0 Å². The van der Waals surface area contributed by atoms with Gasteiger partial charge in [-0.1, -0.05) is 28.1 Å². The molecule has 0 aliphatic rings. The average molecular weight is 328 g/mol. The highest BCUT2D eigenvalue weighted by atomic mass is 79.9. The van der Waals surface area contributed by atoms with E-state index >= 15 is 0 Å². The van der Waals surface area contributed by atoms with Crippen LogP contribution in [0, 0.1) is 5.82 Å². The van der Waals surface area contributed by atoms with Crippen molar-refractivity contribution in [3.8, 4) is 0 Å². The Morgan fingerprint density at radius 1 is 1.39 bits per heavy atom. The lowest BCUT2D eigenvalue weighted by molar-refractivity contribution is 0.546. The molecular weight excluding hydrogens is 313 g/mol. The van der Waals surface area contributed by atoms with Gasteiger partial charge < -0.3 is 5.32 Å². The van der Waals surface area contributed by atoms with E-state index in [1.165, 1.54) is 17.0 Å². The minimum Gasteiger partial charge on any atom is -0.313 e. The fraction of sp³-hybridized carbons (Fsp3) is 0.286. The van der Waals surface area contributed by atoms with Gasteiger partial charge in [-0.05, 0) is 49.0 Å². The average Bonchev–Trinajstić information content (AvgIpc) is 2.85. The van der Waals surface area contributed by atoms with E-state index < -0.39 is 0 Å². The van der Waals surface area contributed by atoms with Crippen molar-refractivity contribution >= 4 is 27.3 Å². The summed E-state index contributed by atoms with van der Waals surface area (Å²) >= 11 is 5.21. The highest BCUT2D eigenvalue weighted by molar-refractivity contribution is 9.10. The topological polar surface area (TPSA) is 12.0 Å². The lowest BCUT2D eigenvalue weighted by atomic mass is 10.0. The lowest BCUT2D eigenvalue weighted by Crippen LogP contribution is -2.17. The van der Waals surface area contributed by atoms with Crippen molar-refractivity contribution in [2.75, 3.05) is 7.05 Å². The number of thiophene rings is 1. The fourth-order valence-corrected chi connectivity index (χ4v) is 3.33.